The van der Waals surface area contributed by atoms with E-state index < -0.39 is 25.8 Å². The fourth-order valence-electron chi connectivity index (χ4n) is 1.50. The van der Waals surface area contributed by atoms with Crippen molar-refractivity contribution in [3.8, 4) is 0 Å². The van der Waals surface area contributed by atoms with E-state index in [1.807, 2.05) is 0 Å². The first-order valence-electron chi connectivity index (χ1n) is 5.70. The zero-order valence-corrected chi connectivity index (χ0v) is 14.6. The van der Waals surface area contributed by atoms with Crippen LogP contribution in [0.25, 0.3) is 0 Å². The van der Waals surface area contributed by atoms with Crippen LogP contribution in [-0.4, -0.2) is 41.3 Å². The molecule has 1 aromatic carbocycles. The molecule has 0 spiro atoms. The van der Waals surface area contributed by atoms with Crippen molar-refractivity contribution in [2.75, 3.05) is 18.6 Å². The summed E-state index contributed by atoms with van der Waals surface area (Å²) in [7, 11) is -7.14. The molecular weight excluding hydrogens is 384 g/mol. The number of carbonyl (C=O) groups is 1. The van der Waals surface area contributed by atoms with E-state index in [1.165, 1.54) is 6.07 Å². The van der Waals surface area contributed by atoms with Crippen molar-refractivity contribution in [1.82, 2.24) is 5.32 Å². The van der Waals surface area contributed by atoms with Crippen LogP contribution >= 0.6 is 15.9 Å². The van der Waals surface area contributed by atoms with Crippen molar-refractivity contribution in [2.24, 2.45) is 5.14 Å². The Hall–Kier alpha value is -0.970. The van der Waals surface area contributed by atoms with Gasteiger partial charge in [-0.05, 0) is 24.6 Å². The highest BCUT2D eigenvalue weighted by Gasteiger charge is 2.17. The first-order valence-corrected chi connectivity index (χ1v) is 10.1. The van der Waals surface area contributed by atoms with Crippen LogP contribution in [0.15, 0.2) is 21.5 Å². The Kier molecular flexibility index (Phi) is 5.53. The number of carbonyl (C=O) groups excluding carboxylic acids is 1. The number of nitrogens with two attached hydrogens (primary N) is 1. The molecule has 21 heavy (non-hydrogen) atoms. The van der Waals surface area contributed by atoms with Crippen LogP contribution in [0.5, 0.6) is 0 Å². The molecule has 3 N–H and O–H groups in total. The van der Waals surface area contributed by atoms with Crippen molar-refractivity contribution >= 4 is 41.7 Å². The van der Waals surface area contributed by atoms with E-state index in [4.69, 9.17) is 5.14 Å². The highest BCUT2D eigenvalue weighted by molar-refractivity contribution is 9.10. The average molecular weight is 399 g/mol. The molecule has 10 heteroatoms. The standard InChI is InChI=1S/C11H15BrN2O5S2/c1-7-9(11(15)14-3-4-20(2,16)17)5-8(6-10(7)12)21(13,18)19/h5-6H,3-4H2,1-2H3,(H,14,15)(H2,13,18,19). The third kappa shape index (κ3) is 5.38. The molecule has 0 aliphatic rings. The fourth-order valence-corrected chi connectivity index (χ4v) is 3.15. The third-order valence-electron chi connectivity index (χ3n) is 2.65. The summed E-state index contributed by atoms with van der Waals surface area (Å²) in [6.45, 7) is 1.57. The summed E-state index contributed by atoms with van der Waals surface area (Å²) in [5, 5.41) is 7.47. The van der Waals surface area contributed by atoms with Gasteiger partial charge in [0.25, 0.3) is 5.91 Å². The van der Waals surface area contributed by atoms with Crippen LogP contribution < -0.4 is 10.5 Å². The highest BCUT2D eigenvalue weighted by Crippen LogP contribution is 2.24. The van der Waals surface area contributed by atoms with Crippen LogP contribution in [0, 0.1) is 6.92 Å². The van der Waals surface area contributed by atoms with Gasteiger partial charge in [0.15, 0.2) is 0 Å². The number of rotatable bonds is 5. The molecule has 0 atom stereocenters. The summed E-state index contributed by atoms with van der Waals surface area (Å²) < 4.78 is 45.1. The second-order valence-electron chi connectivity index (χ2n) is 4.51. The zero-order valence-electron chi connectivity index (χ0n) is 11.4. The third-order valence-corrected chi connectivity index (χ3v) is 5.31. The summed E-state index contributed by atoms with van der Waals surface area (Å²) in [4.78, 5) is 11.8. The summed E-state index contributed by atoms with van der Waals surface area (Å²) in [5.74, 6) is -0.768. The van der Waals surface area contributed by atoms with Gasteiger partial charge in [0, 0.05) is 22.8 Å². The Balaban J connectivity index is 3.07. The minimum atomic E-state index is -3.95. The number of hydrogen-bond donors (Lipinski definition) is 2. The van der Waals surface area contributed by atoms with Gasteiger partial charge < -0.3 is 5.32 Å². The minimum Gasteiger partial charge on any atom is -0.351 e. The fraction of sp³-hybridized carbons (Fsp3) is 0.364. The quantitative estimate of drug-likeness (QED) is 0.731. The maximum atomic E-state index is 12.0. The minimum absolute atomic E-state index is 0.0612. The van der Waals surface area contributed by atoms with Gasteiger partial charge in [0.05, 0.1) is 10.6 Å². The molecule has 0 heterocycles. The Labute approximate surface area is 132 Å². The van der Waals surface area contributed by atoms with E-state index in [9.17, 15) is 21.6 Å². The lowest BCUT2D eigenvalue weighted by Gasteiger charge is -2.10. The zero-order chi connectivity index (χ0) is 16.4. The number of halogens is 1. The number of sulfone groups is 1. The Morgan fingerprint density at radius 3 is 2.33 bits per heavy atom. The largest absolute Gasteiger partial charge is 0.351 e. The van der Waals surface area contributed by atoms with Crippen molar-refractivity contribution in [3.05, 3.63) is 27.7 Å². The summed E-state index contributed by atoms with van der Waals surface area (Å²) in [5.41, 5.74) is 0.640. The van der Waals surface area contributed by atoms with Gasteiger partial charge in [-0.15, -0.1) is 0 Å². The smallest absolute Gasteiger partial charge is 0.251 e. The lowest BCUT2D eigenvalue weighted by molar-refractivity contribution is 0.0955. The highest BCUT2D eigenvalue weighted by atomic mass is 79.9. The molecule has 1 rings (SSSR count). The average Bonchev–Trinajstić information content (AvgIpc) is 2.29. The Morgan fingerprint density at radius 1 is 1.29 bits per heavy atom. The first kappa shape index (κ1) is 18.1. The van der Waals surface area contributed by atoms with E-state index in [0.29, 0.717) is 10.0 Å². The summed E-state index contributed by atoms with van der Waals surface area (Å²) in [6.07, 6.45) is 1.06. The van der Waals surface area contributed by atoms with Crippen molar-refractivity contribution in [3.63, 3.8) is 0 Å². The molecule has 0 aliphatic carbocycles. The molecule has 1 amide bonds. The SMILES string of the molecule is Cc1c(Br)cc(S(N)(=O)=O)cc1C(=O)NCCS(C)(=O)=O. The van der Waals surface area contributed by atoms with E-state index in [1.54, 1.807) is 6.92 Å². The second-order valence-corrected chi connectivity index (χ2v) is 9.18. The van der Waals surface area contributed by atoms with Crippen LogP contribution in [0.4, 0.5) is 0 Å². The monoisotopic (exact) mass is 398 g/mol. The molecular formula is C11H15BrN2O5S2. The van der Waals surface area contributed by atoms with Gasteiger partial charge in [-0.1, -0.05) is 15.9 Å². The molecule has 0 bridgehead atoms. The molecule has 7 nitrogen and oxygen atoms in total. The van der Waals surface area contributed by atoms with Crippen molar-refractivity contribution in [2.45, 2.75) is 11.8 Å². The van der Waals surface area contributed by atoms with Crippen LogP contribution in [0.3, 0.4) is 0 Å². The topological polar surface area (TPSA) is 123 Å². The molecule has 0 aliphatic heterocycles. The van der Waals surface area contributed by atoms with E-state index in [0.717, 1.165) is 12.3 Å². The number of hydrogen-bond acceptors (Lipinski definition) is 5. The molecule has 1 aromatic rings. The molecule has 0 aromatic heterocycles. The molecule has 0 radical (unpaired) electrons. The number of benzene rings is 1. The van der Waals surface area contributed by atoms with Crippen LogP contribution in [0.2, 0.25) is 0 Å². The van der Waals surface area contributed by atoms with Gasteiger partial charge in [-0.3, -0.25) is 4.79 Å². The van der Waals surface area contributed by atoms with Crippen molar-refractivity contribution < 1.29 is 21.6 Å². The van der Waals surface area contributed by atoms with Gasteiger partial charge in [0.1, 0.15) is 9.84 Å². The molecule has 0 saturated carbocycles. The van der Waals surface area contributed by atoms with Gasteiger partial charge in [-0.2, -0.15) is 0 Å². The number of nitrogens with one attached hydrogen (secondary N) is 1. The van der Waals surface area contributed by atoms with Crippen LogP contribution in [-0.2, 0) is 19.9 Å². The predicted molar refractivity (Wildman–Crippen MR) is 82.3 cm³/mol. The van der Waals surface area contributed by atoms with Crippen molar-refractivity contribution in [1.29, 1.82) is 0 Å². The van der Waals surface area contributed by atoms with Gasteiger partial charge in [0.2, 0.25) is 10.0 Å². The number of primary sulfonamides is 1. The molecule has 118 valence electrons. The number of sulfonamides is 1. The normalized spacial score (nSPS) is 12.2. The lowest BCUT2D eigenvalue weighted by Crippen LogP contribution is -2.29. The van der Waals surface area contributed by atoms with Gasteiger partial charge >= 0.3 is 0 Å². The number of amides is 1. The van der Waals surface area contributed by atoms with Gasteiger partial charge in [-0.25, -0.2) is 22.0 Å². The maximum absolute atomic E-state index is 12.0. The summed E-state index contributed by atoms with van der Waals surface area (Å²) in [6, 6.07) is 2.46. The predicted octanol–water partition coefficient (Wildman–Crippen LogP) is 0.179. The summed E-state index contributed by atoms with van der Waals surface area (Å²) >= 11 is 3.16. The molecule has 0 fully saturated rings. The maximum Gasteiger partial charge on any atom is 0.251 e. The molecule has 0 saturated heterocycles. The van der Waals surface area contributed by atoms with E-state index in [2.05, 4.69) is 21.2 Å². The lowest BCUT2D eigenvalue weighted by atomic mass is 10.1. The Bertz CT molecular complexity index is 772. The van der Waals surface area contributed by atoms with E-state index >= 15 is 0 Å². The molecule has 0 unspecified atom stereocenters. The second kappa shape index (κ2) is 6.42. The van der Waals surface area contributed by atoms with E-state index in [-0.39, 0.29) is 22.8 Å². The first-order chi connectivity index (χ1) is 9.42. The van der Waals surface area contributed by atoms with Crippen LogP contribution in [0.1, 0.15) is 15.9 Å². The Morgan fingerprint density at radius 2 is 1.86 bits per heavy atom.